The molecule has 1 aromatic carbocycles. The summed E-state index contributed by atoms with van der Waals surface area (Å²) in [6, 6.07) is 6.38. The second kappa shape index (κ2) is 6.84. The van der Waals surface area contributed by atoms with Gasteiger partial charge in [0.15, 0.2) is 0 Å². The van der Waals surface area contributed by atoms with Gasteiger partial charge in [0.05, 0.1) is 12.1 Å². The molecule has 2 atom stereocenters. The third-order valence-electron chi connectivity index (χ3n) is 2.84. The fraction of sp³-hybridized carbons (Fsp3) is 0.538. The molecular formula is C13H21ClN2O. The Kier molecular flexibility index (Phi) is 5.75. The van der Waals surface area contributed by atoms with Crippen LogP contribution in [0.2, 0.25) is 5.02 Å². The zero-order valence-corrected chi connectivity index (χ0v) is 11.4. The van der Waals surface area contributed by atoms with Crippen molar-refractivity contribution in [1.82, 2.24) is 5.32 Å². The van der Waals surface area contributed by atoms with Gasteiger partial charge < -0.3 is 15.8 Å². The summed E-state index contributed by atoms with van der Waals surface area (Å²) in [6.45, 7) is 2.02. The zero-order valence-electron chi connectivity index (χ0n) is 10.7. The molecule has 0 bridgehead atoms. The van der Waals surface area contributed by atoms with E-state index in [4.69, 9.17) is 22.1 Å². The number of halogens is 1. The molecule has 3 nitrogen and oxygen atoms in total. The van der Waals surface area contributed by atoms with Crippen LogP contribution in [0.5, 0.6) is 5.75 Å². The van der Waals surface area contributed by atoms with Crippen molar-refractivity contribution in [3.8, 4) is 5.75 Å². The summed E-state index contributed by atoms with van der Waals surface area (Å²) in [4.78, 5) is 0. The molecule has 0 heterocycles. The van der Waals surface area contributed by atoms with E-state index in [1.165, 1.54) is 5.56 Å². The molecule has 0 amide bonds. The predicted octanol–water partition coefficient (Wildman–Crippen LogP) is 2.74. The van der Waals surface area contributed by atoms with Crippen LogP contribution < -0.4 is 15.8 Å². The van der Waals surface area contributed by atoms with E-state index in [1.807, 2.05) is 32.2 Å². The summed E-state index contributed by atoms with van der Waals surface area (Å²) < 4.78 is 5.14. The lowest BCUT2D eigenvalue weighted by Gasteiger charge is -2.18. The first-order chi connectivity index (χ1) is 8.08. The van der Waals surface area contributed by atoms with Crippen LogP contribution in [0.25, 0.3) is 0 Å². The van der Waals surface area contributed by atoms with E-state index in [0.717, 1.165) is 12.8 Å². The molecule has 0 aliphatic heterocycles. The molecule has 2 unspecified atom stereocenters. The monoisotopic (exact) mass is 256 g/mol. The molecule has 0 aliphatic rings. The lowest BCUT2D eigenvalue weighted by molar-refractivity contribution is 0.414. The molecule has 0 aromatic heterocycles. The average Bonchev–Trinajstić information content (AvgIpc) is 2.29. The summed E-state index contributed by atoms with van der Waals surface area (Å²) in [5.41, 5.74) is 6.94. The van der Waals surface area contributed by atoms with Crippen LogP contribution in [0.1, 0.15) is 31.4 Å². The van der Waals surface area contributed by atoms with E-state index in [9.17, 15) is 0 Å². The van der Waals surface area contributed by atoms with Crippen molar-refractivity contribution in [1.29, 1.82) is 0 Å². The second-order valence-electron chi connectivity index (χ2n) is 4.29. The highest BCUT2D eigenvalue weighted by atomic mass is 35.5. The Hall–Kier alpha value is -0.770. The maximum absolute atomic E-state index is 6.12. The summed E-state index contributed by atoms with van der Waals surface area (Å²) in [5, 5.41) is 3.93. The largest absolute Gasteiger partial charge is 0.495 e. The van der Waals surface area contributed by atoms with Gasteiger partial charge >= 0.3 is 0 Å². The number of hydrogen-bond acceptors (Lipinski definition) is 3. The highest BCUT2D eigenvalue weighted by molar-refractivity contribution is 6.32. The van der Waals surface area contributed by atoms with Gasteiger partial charge in [0, 0.05) is 12.1 Å². The van der Waals surface area contributed by atoms with Gasteiger partial charge in [0.1, 0.15) is 5.75 Å². The van der Waals surface area contributed by atoms with E-state index in [1.54, 1.807) is 7.11 Å². The van der Waals surface area contributed by atoms with Gasteiger partial charge in [-0.2, -0.15) is 0 Å². The van der Waals surface area contributed by atoms with Gasteiger partial charge in [-0.3, -0.25) is 0 Å². The number of nitrogens with two attached hydrogens (primary N) is 1. The molecule has 0 radical (unpaired) electrons. The van der Waals surface area contributed by atoms with E-state index in [-0.39, 0.29) is 12.1 Å². The van der Waals surface area contributed by atoms with E-state index < -0.39 is 0 Å². The van der Waals surface area contributed by atoms with Gasteiger partial charge in [0.2, 0.25) is 0 Å². The molecule has 0 fully saturated rings. The first-order valence-corrected chi connectivity index (χ1v) is 6.22. The number of rotatable bonds is 6. The topological polar surface area (TPSA) is 47.3 Å². The van der Waals surface area contributed by atoms with Crippen molar-refractivity contribution < 1.29 is 4.74 Å². The first-order valence-electron chi connectivity index (χ1n) is 5.84. The molecule has 0 aliphatic carbocycles. The van der Waals surface area contributed by atoms with Crippen LogP contribution in [0, 0.1) is 0 Å². The van der Waals surface area contributed by atoms with Crippen LogP contribution in [0.3, 0.4) is 0 Å². The third kappa shape index (κ3) is 4.19. The van der Waals surface area contributed by atoms with Crippen molar-refractivity contribution in [2.75, 3.05) is 14.2 Å². The Bertz CT molecular complexity index is 355. The van der Waals surface area contributed by atoms with Crippen molar-refractivity contribution in [2.24, 2.45) is 5.73 Å². The van der Waals surface area contributed by atoms with E-state index in [2.05, 4.69) is 5.32 Å². The molecule has 0 spiro atoms. The van der Waals surface area contributed by atoms with Crippen LogP contribution in [-0.2, 0) is 0 Å². The van der Waals surface area contributed by atoms with E-state index >= 15 is 0 Å². The maximum atomic E-state index is 6.12. The van der Waals surface area contributed by atoms with Crippen molar-refractivity contribution >= 4 is 11.6 Å². The highest BCUT2D eigenvalue weighted by Crippen LogP contribution is 2.29. The minimum Gasteiger partial charge on any atom is -0.495 e. The molecule has 4 heteroatoms. The molecule has 0 saturated heterocycles. The van der Waals surface area contributed by atoms with Crippen LogP contribution in [0.15, 0.2) is 18.2 Å². The molecule has 3 N–H and O–H groups in total. The Labute approximate surface area is 108 Å². The number of hydrogen-bond donors (Lipinski definition) is 2. The van der Waals surface area contributed by atoms with Gasteiger partial charge in [-0.15, -0.1) is 0 Å². The number of nitrogens with one attached hydrogen (secondary N) is 1. The maximum Gasteiger partial charge on any atom is 0.137 e. The fourth-order valence-corrected chi connectivity index (χ4v) is 2.07. The number of benzene rings is 1. The molecule has 96 valence electrons. The Morgan fingerprint density at radius 2 is 2.12 bits per heavy atom. The molecule has 17 heavy (non-hydrogen) atoms. The summed E-state index contributed by atoms with van der Waals surface area (Å²) in [7, 11) is 3.57. The van der Waals surface area contributed by atoms with Gasteiger partial charge in [-0.25, -0.2) is 0 Å². The standard InChI is InChI=1S/C13H21ClN2O/c1-9(15)4-6-12(16-2)10-5-7-13(17-3)11(14)8-10/h5,7-9,12,16H,4,6,15H2,1-3H3. The third-order valence-corrected chi connectivity index (χ3v) is 3.13. The SMILES string of the molecule is CNC(CCC(C)N)c1ccc(OC)c(Cl)c1. The van der Waals surface area contributed by atoms with Gasteiger partial charge in [-0.05, 0) is 44.5 Å². The normalized spacial score (nSPS) is 14.4. The molecule has 1 rings (SSSR count). The van der Waals surface area contributed by atoms with Crippen LogP contribution in [0.4, 0.5) is 0 Å². The van der Waals surface area contributed by atoms with Gasteiger partial charge in [-0.1, -0.05) is 17.7 Å². The van der Waals surface area contributed by atoms with Gasteiger partial charge in [0.25, 0.3) is 0 Å². The zero-order chi connectivity index (χ0) is 12.8. The fourth-order valence-electron chi connectivity index (χ4n) is 1.81. The van der Waals surface area contributed by atoms with Crippen LogP contribution >= 0.6 is 11.6 Å². The average molecular weight is 257 g/mol. The Morgan fingerprint density at radius 3 is 2.59 bits per heavy atom. The Balaban J connectivity index is 2.78. The number of methoxy groups -OCH3 is 1. The minimum absolute atomic E-state index is 0.222. The summed E-state index contributed by atoms with van der Waals surface area (Å²) >= 11 is 6.12. The summed E-state index contributed by atoms with van der Waals surface area (Å²) in [5.74, 6) is 0.706. The molecular weight excluding hydrogens is 236 g/mol. The predicted molar refractivity (Wildman–Crippen MR) is 72.7 cm³/mol. The first kappa shape index (κ1) is 14.3. The second-order valence-corrected chi connectivity index (χ2v) is 4.70. The number of ether oxygens (including phenoxy) is 1. The molecule has 0 saturated carbocycles. The Morgan fingerprint density at radius 1 is 1.41 bits per heavy atom. The van der Waals surface area contributed by atoms with E-state index in [0.29, 0.717) is 10.8 Å². The smallest absolute Gasteiger partial charge is 0.137 e. The van der Waals surface area contributed by atoms with Crippen molar-refractivity contribution in [3.63, 3.8) is 0 Å². The van der Waals surface area contributed by atoms with Crippen LogP contribution in [-0.4, -0.2) is 20.2 Å². The lowest BCUT2D eigenvalue weighted by Crippen LogP contribution is -2.21. The quantitative estimate of drug-likeness (QED) is 0.823. The summed E-state index contributed by atoms with van der Waals surface area (Å²) in [6.07, 6.45) is 1.98. The highest BCUT2D eigenvalue weighted by Gasteiger charge is 2.12. The minimum atomic E-state index is 0.222. The lowest BCUT2D eigenvalue weighted by atomic mass is 10.00. The van der Waals surface area contributed by atoms with Crippen molar-refractivity contribution in [3.05, 3.63) is 28.8 Å². The molecule has 1 aromatic rings. The van der Waals surface area contributed by atoms with Crippen molar-refractivity contribution in [2.45, 2.75) is 31.8 Å².